The molecule has 3 aromatic carbocycles. The largest absolute Gasteiger partial charge is 0.492 e. The van der Waals surface area contributed by atoms with Crippen LogP contribution in [-0.4, -0.2) is 90.0 Å². The van der Waals surface area contributed by atoms with Crippen molar-refractivity contribution in [2.45, 2.75) is 96.6 Å². The molecule has 15 nitrogen and oxygen atoms in total. The molecule has 0 saturated carbocycles. The Morgan fingerprint density at radius 2 is 1.65 bits per heavy atom. The number of hydrogen-bond acceptors (Lipinski definition) is 13. The van der Waals surface area contributed by atoms with Gasteiger partial charge in [0, 0.05) is 80.5 Å². The van der Waals surface area contributed by atoms with Crippen LogP contribution in [0.1, 0.15) is 104 Å². The van der Waals surface area contributed by atoms with Gasteiger partial charge in [-0.15, -0.1) is 0 Å². The van der Waals surface area contributed by atoms with Crippen molar-refractivity contribution in [1.29, 1.82) is 5.26 Å². The predicted octanol–water partition coefficient (Wildman–Crippen LogP) is 5.26. The summed E-state index contributed by atoms with van der Waals surface area (Å²) in [5.74, 6) is -2.64. The van der Waals surface area contributed by atoms with E-state index in [0.717, 1.165) is 18.4 Å². The molecule has 2 heterocycles. The molecule has 6 rings (SSSR count). The number of nitrogens with one attached hydrogen (secondary N) is 1. The van der Waals surface area contributed by atoms with E-state index in [4.69, 9.17) is 31.7 Å². The van der Waals surface area contributed by atoms with Crippen molar-refractivity contribution in [3.63, 3.8) is 0 Å². The van der Waals surface area contributed by atoms with E-state index in [9.17, 15) is 29.2 Å². The third-order valence-electron chi connectivity index (χ3n) is 12.7. The predicted molar refractivity (Wildman–Crippen MR) is 250 cm³/mol. The second-order valence-corrected chi connectivity index (χ2v) is 18.0. The topological polar surface area (TPSA) is 247 Å². The number of fused-ring (bicyclic) bond motifs is 6. The number of likely N-dealkylation sites (N-methyl/N-ethyl adjacent to an activating group) is 1. The van der Waals surface area contributed by atoms with Gasteiger partial charge in [0.1, 0.15) is 30.8 Å². The third-order valence-corrected chi connectivity index (χ3v) is 12.7. The summed E-state index contributed by atoms with van der Waals surface area (Å²) in [4.78, 5) is 81.5. The maximum absolute atomic E-state index is 14.8. The minimum Gasteiger partial charge on any atom is -0.492 e. The molecule has 15 heteroatoms. The van der Waals surface area contributed by atoms with Gasteiger partial charge < -0.3 is 36.9 Å². The van der Waals surface area contributed by atoms with Crippen LogP contribution in [0.2, 0.25) is 0 Å². The molecule has 2 aliphatic rings. The van der Waals surface area contributed by atoms with Gasteiger partial charge >= 0.3 is 0 Å². The SMILES string of the molecule is Cc1nc(-c2ccc3c(c2)CCC3(C)C)ncc1C(=O)C[C@@H](CCN)C(=O)N(C)[C@@H]1C(=O)C[C@@H](C)C(=O)N[C@H](C(=O)CCC#N)Cc2ccc(OCCN)c(c2)-c2cc1ccc2OCCN. The van der Waals surface area contributed by atoms with E-state index in [-0.39, 0.29) is 93.9 Å². The van der Waals surface area contributed by atoms with Crippen molar-refractivity contribution < 1.29 is 33.4 Å². The van der Waals surface area contributed by atoms with E-state index >= 15 is 0 Å². The highest BCUT2D eigenvalue weighted by atomic mass is 16.5. The number of ketones is 3. The van der Waals surface area contributed by atoms with Gasteiger partial charge in [0.2, 0.25) is 11.8 Å². The standard InChI is InChI=1S/C51H62N8O7/c1-30-23-44(62)47(59(5)50(64)36(15-18-53)28-43(61)39-29-56-48(57-31(39)2)35-9-11-40-33(26-35)14-16-51(40,3)4)34-10-13-46(66-22-20-55)38(27-34)37-24-32(8-12-45(37)65-21-19-54)25-41(58-49(30)63)42(60)7-6-17-52/h8-13,24,26-27,29-30,36,41,47H,6-7,14-16,18-23,25,28,53-55H2,1-5H3,(H,58,63)/t30-,36-,41+,47+/m1/s1. The number of rotatable bonds is 17. The maximum atomic E-state index is 14.8. The molecule has 0 radical (unpaired) electrons. The lowest BCUT2D eigenvalue weighted by atomic mass is 9.86. The van der Waals surface area contributed by atoms with Gasteiger partial charge in [-0.2, -0.15) is 5.26 Å². The third kappa shape index (κ3) is 11.2. The van der Waals surface area contributed by atoms with Gasteiger partial charge in [-0.05, 0) is 97.2 Å². The number of aromatic nitrogens is 2. The number of ether oxygens (including phenoxy) is 2. The molecule has 4 atom stereocenters. The number of amides is 2. The highest BCUT2D eigenvalue weighted by molar-refractivity contribution is 6.00. The summed E-state index contributed by atoms with van der Waals surface area (Å²) < 4.78 is 12.3. The minimum absolute atomic E-state index is 0.0299. The molecule has 1 aromatic heterocycles. The molecule has 1 aliphatic heterocycles. The summed E-state index contributed by atoms with van der Waals surface area (Å²) in [5, 5.41) is 12.1. The second-order valence-electron chi connectivity index (χ2n) is 18.0. The summed E-state index contributed by atoms with van der Waals surface area (Å²) in [6.07, 6.45) is 3.17. The molecular weight excluding hydrogens is 837 g/mol. The monoisotopic (exact) mass is 898 g/mol. The van der Waals surface area contributed by atoms with Crippen molar-refractivity contribution in [1.82, 2.24) is 20.2 Å². The first-order valence-electron chi connectivity index (χ1n) is 22.7. The van der Waals surface area contributed by atoms with Crippen LogP contribution in [0, 0.1) is 30.1 Å². The van der Waals surface area contributed by atoms with Gasteiger partial charge in [0.05, 0.1) is 23.4 Å². The van der Waals surface area contributed by atoms with Crippen molar-refractivity contribution >= 4 is 29.2 Å². The van der Waals surface area contributed by atoms with Gasteiger partial charge in [-0.1, -0.05) is 45.0 Å². The molecule has 0 fully saturated rings. The number of carbonyl (C=O) groups excluding carboxylic acids is 5. The fourth-order valence-corrected chi connectivity index (χ4v) is 9.04. The van der Waals surface area contributed by atoms with Crippen molar-refractivity contribution in [2.75, 3.05) is 39.9 Å². The Kier molecular flexibility index (Phi) is 16.2. The zero-order valence-corrected chi connectivity index (χ0v) is 38.7. The van der Waals surface area contributed by atoms with Gasteiger partial charge in [0.25, 0.3) is 0 Å². The normalized spacial score (nSPS) is 18.3. The Balaban J connectivity index is 1.37. The van der Waals surface area contributed by atoms with Crippen LogP contribution in [0.4, 0.5) is 0 Å². The van der Waals surface area contributed by atoms with Gasteiger partial charge in [-0.25, -0.2) is 9.97 Å². The van der Waals surface area contributed by atoms with E-state index in [2.05, 4.69) is 36.3 Å². The summed E-state index contributed by atoms with van der Waals surface area (Å²) in [5.41, 5.74) is 24.3. The quantitative estimate of drug-likeness (QED) is 0.0989. The number of aryl methyl sites for hydroxylation is 2. The molecule has 0 unspecified atom stereocenters. The molecular formula is C51H62N8O7. The first-order chi connectivity index (χ1) is 31.6. The number of nitriles is 1. The molecule has 4 bridgehead atoms. The molecule has 0 saturated heterocycles. The summed E-state index contributed by atoms with van der Waals surface area (Å²) in [7, 11) is 1.51. The number of nitrogens with zero attached hydrogens (tertiary/aromatic N) is 4. The van der Waals surface area contributed by atoms with Crippen LogP contribution in [0.15, 0.2) is 60.8 Å². The van der Waals surface area contributed by atoms with E-state index in [1.807, 2.05) is 18.2 Å². The second kappa shape index (κ2) is 21.8. The number of hydrogen-bond donors (Lipinski definition) is 4. The van der Waals surface area contributed by atoms with Crippen molar-refractivity contribution in [3.05, 3.63) is 94.3 Å². The Labute approximate surface area is 386 Å². The minimum atomic E-state index is -1.24. The fourth-order valence-electron chi connectivity index (χ4n) is 9.04. The zero-order valence-electron chi connectivity index (χ0n) is 38.7. The first kappa shape index (κ1) is 49.1. The van der Waals surface area contributed by atoms with Crippen LogP contribution < -0.4 is 32.0 Å². The highest BCUT2D eigenvalue weighted by Gasteiger charge is 2.37. The molecule has 4 aromatic rings. The number of Topliss-reactive ketones (excluding diaryl/α,β-unsaturated/α-hetero) is 3. The van der Waals surface area contributed by atoms with Crippen LogP contribution in [0.3, 0.4) is 0 Å². The Bertz CT molecular complexity index is 2520. The Morgan fingerprint density at radius 1 is 0.955 bits per heavy atom. The summed E-state index contributed by atoms with van der Waals surface area (Å²) in [6, 6.07) is 16.5. The number of benzene rings is 3. The van der Waals surface area contributed by atoms with Gasteiger partial charge in [-0.3, -0.25) is 24.0 Å². The molecule has 1 aliphatic carbocycles. The van der Waals surface area contributed by atoms with Crippen LogP contribution in [-0.2, 0) is 37.4 Å². The molecule has 348 valence electrons. The molecule has 0 spiro atoms. The van der Waals surface area contributed by atoms with E-state index in [1.165, 1.54) is 29.3 Å². The van der Waals surface area contributed by atoms with Crippen molar-refractivity contribution in [2.24, 2.45) is 29.0 Å². The van der Waals surface area contributed by atoms with E-state index in [1.54, 1.807) is 44.2 Å². The molecule has 7 N–H and O–H groups in total. The van der Waals surface area contributed by atoms with Crippen LogP contribution >= 0.6 is 0 Å². The highest BCUT2D eigenvalue weighted by Crippen LogP contribution is 2.42. The summed E-state index contributed by atoms with van der Waals surface area (Å²) >= 11 is 0. The average Bonchev–Trinajstić information content (AvgIpc) is 3.61. The maximum Gasteiger partial charge on any atom is 0.226 e. The summed E-state index contributed by atoms with van der Waals surface area (Å²) in [6.45, 7) is 8.68. The molecule has 66 heavy (non-hydrogen) atoms. The smallest absolute Gasteiger partial charge is 0.226 e. The molecule has 2 amide bonds. The van der Waals surface area contributed by atoms with Crippen LogP contribution in [0.25, 0.3) is 22.5 Å². The fraction of sp³-hybridized carbons (Fsp3) is 0.451. The zero-order chi connectivity index (χ0) is 47.7. The Morgan fingerprint density at radius 3 is 2.32 bits per heavy atom. The van der Waals surface area contributed by atoms with Gasteiger partial charge in [0.15, 0.2) is 23.2 Å². The van der Waals surface area contributed by atoms with Crippen molar-refractivity contribution in [3.8, 4) is 40.1 Å². The lowest BCUT2D eigenvalue weighted by molar-refractivity contribution is -0.142. The van der Waals surface area contributed by atoms with E-state index < -0.39 is 41.5 Å². The number of carbonyl (C=O) groups is 5. The van der Waals surface area contributed by atoms with E-state index in [0.29, 0.717) is 45.3 Å². The first-order valence-corrected chi connectivity index (χ1v) is 22.7. The lowest BCUT2D eigenvalue weighted by Crippen LogP contribution is -2.46. The Hall–Kier alpha value is -6.34. The lowest BCUT2D eigenvalue weighted by Gasteiger charge is -2.32. The van der Waals surface area contributed by atoms with Crippen LogP contribution in [0.5, 0.6) is 11.5 Å². The average molecular weight is 899 g/mol. The number of nitrogens with two attached hydrogens (primary N) is 3.